The minimum absolute atomic E-state index is 0.0760. The predicted molar refractivity (Wildman–Crippen MR) is 67.0 cm³/mol. The lowest BCUT2D eigenvalue weighted by Crippen LogP contribution is -2.38. The van der Waals surface area contributed by atoms with E-state index in [1.807, 2.05) is 0 Å². The molecule has 84 valence electrons. The lowest BCUT2D eigenvalue weighted by atomic mass is 9.80. The fraction of sp³-hybridized carbons (Fsp3) is 0.636. The number of hydrogen-bond donors (Lipinski definition) is 2. The van der Waals surface area contributed by atoms with Crippen LogP contribution in [-0.2, 0) is 6.42 Å². The predicted octanol–water partition coefficient (Wildman–Crippen LogP) is 2.40. The molecule has 0 saturated heterocycles. The van der Waals surface area contributed by atoms with Crippen molar-refractivity contribution in [3.63, 3.8) is 0 Å². The van der Waals surface area contributed by atoms with Crippen LogP contribution in [0.5, 0.6) is 0 Å². The fourth-order valence-corrected chi connectivity index (χ4v) is 3.75. The standard InChI is InChI=1S/C11H16BrNOS/c12-9-3-4-15-10(9)5-11(6-13,7-14)8-1-2-8/h3-4,8,14H,1-2,5-7,13H2. The molecule has 0 bridgehead atoms. The molecule has 1 aliphatic rings. The summed E-state index contributed by atoms with van der Waals surface area (Å²) >= 11 is 5.27. The maximum absolute atomic E-state index is 9.59. The highest BCUT2D eigenvalue weighted by Gasteiger charge is 2.44. The molecular weight excluding hydrogens is 274 g/mol. The minimum Gasteiger partial charge on any atom is -0.396 e. The van der Waals surface area contributed by atoms with Gasteiger partial charge in [0.15, 0.2) is 0 Å². The van der Waals surface area contributed by atoms with Gasteiger partial charge in [0.25, 0.3) is 0 Å². The number of nitrogens with two attached hydrogens (primary N) is 1. The van der Waals surface area contributed by atoms with E-state index in [4.69, 9.17) is 5.73 Å². The van der Waals surface area contributed by atoms with E-state index in [0.29, 0.717) is 12.5 Å². The Morgan fingerprint density at radius 2 is 2.33 bits per heavy atom. The Kier molecular flexibility index (Phi) is 3.50. The Hall–Kier alpha value is 0.100. The van der Waals surface area contributed by atoms with Crippen LogP contribution in [0.1, 0.15) is 17.7 Å². The zero-order valence-corrected chi connectivity index (χ0v) is 11.0. The molecule has 1 fully saturated rings. The largest absolute Gasteiger partial charge is 0.396 e. The van der Waals surface area contributed by atoms with Gasteiger partial charge in [-0.1, -0.05) is 0 Å². The molecule has 3 N–H and O–H groups in total. The van der Waals surface area contributed by atoms with Crippen molar-refractivity contribution in [1.82, 2.24) is 0 Å². The van der Waals surface area contributed by atoms with Crippen molar-refractivity contribution in [2.24, 2.45) is 17.1 Å². The van der Waals surface area contributed by atoms with Gasteiger partial charge >= 0.3 is 0 Å². The van der Waals surface area contributed by atoms with Gasteiger partial charge in [0.2, 0.25) is 0 Å². The first-order chi connectivity index (χ1) is 7.22. The average molecular weight is 290 g/mol. The topological polar surface area (TPSA) is 46.2 Å². The van der Waals surface area contributed by atoms with Crippen LogP contribution in [0, 0.1) is 11.3 Å². The lowest BCUT2D eigenvalue weighted by Gasteiger charge is -2.30. The molecule has 1 saturated carbocycles. The minimum atomic E-state index is -0.0760. The number of aliphatic hydroxyl groups is 1. The fourth-order valence-electron chi connectivity index (χ4n) is 2.10. The van der Waals surface area contributed by atoms with Gasteiger partial charge in [-0.2, -0.15) is 0 Å². The first-order valence-corrected chi connectivity index (χ1v) is 6.92. The van der Waals surface area contributed by atoms with Crippen molar-refractivity contribution in [2.75, 3.05) is 13.2 Å². The highest BCUT2D eigenvalue weighted by atomic mass is 79.9. The van der Waals surface area contributed by atoms with Crippen molar-refractivity contribution in [3.05, 3.63) is 20.8 Å². The van der Waals surface area contributed by atoms with Crippen LogP contribution in [0.2, 0.25) is 0 Å². The maximum atomic E-state index is 9.59. The van der Waals surface area contributed by atoms with Crippen molar-refractivity contribution < 1.29 is 5.11 Å². The zero-order valence-electron chi connectivity index (χ0n) is 8.58. The van der Waals surface area contributed by atoms with Crippen LogP contribution in [0.3, 0.4) is 0 Å². The Labute approximate surface area is 103 Å². The van der Waals surface area contributed by atoms with E-state index in [-0.39, 0.29) is 12.0 Å². The third-order valence-electron chi connectivity index (χ3n) is 3.37. The molecule has 1 aliphatic carbocycles. The van der Waals surface area contributed by atoms with Crippen molar-refractivity contribution in [1.29, 1.82) is 0 Å². The molecule has 0 aromatic carbocycles. The van der Waals surface area contributed by atoms with Crippen LogP contribution in [-0.4, -0.2) is 18.3 Å². The number of hydrogen-bond acceptors (Lipinski definition) is 3. The molecule has 0 radical (unpaired) electrons. The first kappa shape index (κ1) is 11.6. The Bertz CT molecular complexity index is 331. The van der Waals surface area contributed by atoms with Crippen LogP contribution >= 0.6 is 27.3 Å². The van der Waals surface area contributed by atoms with Crippen LogP contribution < -0.4 is 5.73 Å². The first-order valence-electron chi connectivity index (χ1n) is 5.24. The van der Waals surface area contributed by atoms with Crippen molar-refractivity contribution in [2.45, 2.75) is 19.3 Å². The van der Waals surface area contributed by atoms with E-state index in [9.17, 15) is 5.11 Å². The van der Waals surface area contributed by atoms with Crippen LogP contribution in [0.25, 0.3) is 0 Å². The van der Waals surface area contributed by atoms with Gasteiger partial charge < -0.3 is 10.8 Å². The molecule has 15 heavy (non-hydrogen) atoms. The summed E-state index contributed by atoms with van der Waals surface area (Å²) in [5.41, 5.74) is 5.78. The molecule has 2 rings (SSSR count). The molecule has 1 unspecified atom stereocenters. The molecular formula is C11H16BrNOS. The Morgan fingerprint density at radius 3 is 2.73 bits per heavy atom. The Morgan fingerprint density at radius 1 is 1.60 bits per heavy atom. The lowest BCUT2D eigenvalue weighted by molar-refractivity contribution is 0.109. The van der Waals surface area contributed by atoms with Crippen molar-refractivity contribution in [3.8, 4) is 0 Å². The summed E-state index contributed by atoms with van der Waals surface area (Å²) in [4.78, 5) is 1.31. The summed E-state index contributed by atoms with van der Waals surface area (Å²) in [6.07, 6.45) is 3.35. The zero-order chi connectivity index (χ0) is 10.9. The van der Waals surface area contributed by atoms with Gasteiger partial charge in [-0.25, -0.2) is 0 Å². The van der Waals surface area contributed by atoms with E-state index in [1.54, 1.807) is 11.3 Å². The van der Waals surface area contributed by atoms with Gasteiger partial charge in [0, 0.05) is 21.3 Å². The normalized spacial score (nSPS) is 20.2. The third-order valence-corrected chi connectivity index (χ3v) is 5.29. The molecule has 0 spiro atoms. The Balaban J connectivity index is 2.16. The average Bonchev–Trinajstić information content (AvgIpc) is 3.02. The molecule has 0 aliphatic heterocycles. The van der Waals surface area contributed by atoms with E-state index < -0.39 is 0 Å². The molecule has 1 aromatic heterocycles. The van der Waals surface area contributed by atoms with E-state index >= 15 is 0 Å². The summed E-state index contributed by atoms with van der Waals surface area (Å²) in [6, 6.07) is 2.06. The molecule has 0 amide bonds. The second kappa shape index (κ2) is 4.53. The third kappa shape index (κ3) is 2.28. The summed E-state index contributed by atoms with van der Waals surface area (Å²) in [5.74, 6) is 0.626. The summed E-state index contributed by atoms with van der Waals surface area (Å²) in [5, 5.41) is 11.7. The number of halogens is 1. The van der Waals surface area contributed by atoms with Gasteiger partial charge in [0.05, 0.1) is 6.61 Å². The molecule has 2 nitrogen and oxygen atoms in total. The number of thiophene rings is 1. The highest BCUT2D eigenvalue weighted by Crippen LogP contribution is 2.47. The van der Waals surface area contributed by atoms with Crippen molar-refractivity contribution >= 4 is 27.3 Å². The van der Waals surface area contributed by atoms with Gasteiger partial charge in [-0.3, -0.25) is 0 Å². The highest BCUT2D eigenvalue weighted by molar-refractivity contribution is 9.10. The summed E-state index contributed by atoms with van der Waals surface area (Å²) in [7, 11) is 0. The second-order valence-corrected chi connectivity index (χ2v) is 6.22. The summed E-state index contributed by atoms with van der Waals surface area (Å²) < 4.78 is 1.15. The van der Waals surface area contributed by atoms with E-state index in [1.165, 1.54) is 17.7 Å². The molecule has 1 heterocycles. The van der Waals surface area contributed by atoms with Gasteiger partial charge in [-0.15, -0.1) is 11.3 Å². The second-order valence-electron chi connectivity index (χ2n) is 4.37. The number of rotatable bonds is 5. The summed E-state index contributed by atoms with van der Waals surface area (Å²) in [6.45, 7) is 0.789. The molecule has 1 atom stereocenters. The van der Waals surface area contributed by atoms with Crippen LogP contribution in [0.4, 0.5) is 0 Å². The number of aliphatic hydroxyl groups excluding tert-OH is 1. The van der Waals surface area contributed by atoms with Gasteiger partial charge in [0.1, 0.15) is 0 Å². The van der Waals surface area contributed by atoms with E-state index in [2.05, 4.69) is 27.4 Å². The van der Waals surface area contributed by atoms with Crippen LogP contribution in [0.15, 0.2) is 15.9 Å². The molecule has 1 aromatic rings. The van der Waals surface area contributed by atoms with E-state index in [0.717, 1.165) is 10.9 Å². The monoisotopic (exact) mass is 289 g/mol. The quantitative estimate of drug-likeness (QED) is 0.874. The smallest absolute Gasteiger partial charge is 0.0505 e. The SMILES string of the molecule is NCC(CO)(Cc1sccc1Br)C1CC1. The van der Waals surface area contributed by atoms with Gasteiger partial charge in [-0.05, 0) is 52.6 Å². The maximum Gasteiger partial charge on any atom is 0.0505 e. The molecule has 4 heteroatoms.